The van der Waals surface area contributed by atoms with Crippen LogP contribution in [0.5, 0.6) is 0 Å². The first-order chi connectivity index (χ1) is 8.36. The van der Waals surface area contributed by atoms with E-state index in [1.54, 1.807) is 11.3 Å². The monoisotopic (exact) mass is 253 g/mol. The van der Waals surface area contributed by atoms with Crippen molar-refractivity contribution in [1.82, 2.24) is 10.6 Å². The summed E-state index contributed by atoms with van der Waals surface area (Å²) in [6.45, 7) is 4.16. The van der Waals surface area contributed by atoms with E-state index >= 15 is 0 Å². The number of hydrogen-bond acceptors (Lipinski definition) is 2. The Morgan fingerprint density at radius 3 is 2.76 bits per heavy atom. The second kappa shape index (κ2) is 9.05. The summed E-state index contributed by atoms with van der Waals surface area (Å²) in [5.41, 5.74) is 0. The highest BCUT2D eigenvalue weighted by atomic mass is 32.1. The van der Waals surface area contributed by atoms with Crippen LogP contribution < -0.4 is 10.6 Å². The lowest BCUT2D eigenvalue weighted by Gasteiger charge is -2.11. The highest BCUT2D eigenvalue weighted by Crippen LogP contribution is 2.07. The quantitative estimate of drug-likeness (QED) is 0.445. The van der Waals surface area contributed by atoms with Gasteiger partial charge in [0.15, 0.2) is 5.96 Å². The van der Waals surface area contributed by atoms with Crippen molar-refractivity contribution in [2.24, 2.45) is 4.99 Å². The first-order valence-electron chi connectivity index (χ1n) is 6.33. The van der Waals surface area contributed by atoms with Crippen molar-refractivity contribution in [2.45, 2.75) is 32.6 Å². The Labute approximate surface area is 108 Å². The fourth-order valence-corrected chi connectivity index (χ4v) is 2.27. The number of thiophene rings is 1. The molecule has 0 aliphatic heterocycles. The van der Waals surface area contributed by atoms with Crippen LogP contribution in [0.3, 0.4) is 0 Å². The van der Waals surface area contributed by atoms with Crippen LogP contribution in [0.4, 0.5) is 0 Å². The number of hydrogen-bond donors (Lipinski definition) is 2. The molecule has 4 heteroatoms. The van der Waals surface area contributed by atoms with Crippen molar-refractivity contribution in [1.29, 1.82) is 0 Å². The van der Waals surface area contributed by atoms with Crippen LogP contribution in [0.2, 0.25) is 0 Å². The smallest absolute Gasteiger partial charge is 0.190 e. The van der Waals surface area contributed by atoms with Crippen molar-refractivity contribution in [2.75, 3.05) is 20.1 Å². The fourth-order valence-electron chi connectivity index (χ4n) is 1.56. The molecular weight excluding hydrogens is 230 g/mol. The van der Waals surface area contributed by atoms with E-state index in [0.29, 0.717) is 0 Å². The first kappa shape index (κ1) is 14.0. The molecule has 96 valence electrons. The Hall–Kier alpha value is -1.03. The van der Waals surface area contributed by atoms with Crippen molar-refractivity contribution < 1.29 is 0 Å². The summed E-state index contributed by atoms with van der Waals surface area (Å²) in [5, 5.41) is 8.77. The third kappa shape index (κ3) is 6.31. The van der Waals surface area contributed by atoms with Crippen LogP contribution in [0, 0.1) is 0 Å². The van der Waals surface area contributed by atoms with Crippen molar-refractivity contribution in [3.8, 4) is 0 Å². The Balaban J connectivity index is 2.10. The molecule has 0 aliphatic carbocycles. The number of aliphatic imine (C=N–C) groups is 1. The first-order valence-corrected chi connectivity index (χ1v) is 7.21. The van der Waals surface area contributed by atoms with Gasteiger partial charge in [0, 0.05) is 25.0 Å². The van der Waals surface area contributed by atoms with Crippen molar-refractivity contribution in [3.63, 3.8) is 0 Å². The predicted octanol–water partition coefficient (Wildman–Crippen LogP) is 2.65. The summed E-state index contributed by atoms with van der Waals surface area (Å²) >= 11 is 1.81. The standard InChI is InChI=1S/C13H23N3S/c1-3-4-5-9-15-13(14-2)16-10-8-12-7-6-11-17-12/h6-7,11H,3-5,8-10H2,1-2H3,(H2,14,15,16). The molecule has 0 amide bonds. The van der Waals surface area contributed by atoms with Gasteiger partial charge in [0.1, 0.15) is 0 Å². The summed E-state index contributed by atoms with van der Waals surface area (Å²) in [4.78, 5) is 5.62. The van der Waals surface area contributed by atoms with E-state index in [1.165, 1.54) is 24.1 Å². The summed E-state index contributed by atoms with van der Waals surface area (Å²) in [6.07, 6.45) is 4.81. The van der Waals surface area contributed by atoms with E-state index in [0.717, 1.165) is 25.5 Å². The van der Waals surface area contributed by atoms with Crippen LogP contribution >= 0.6 is 11.3 Å². The van der Waals surface area contributed by atoms with Gasteiger partial charge in [-0.3, -0.25) is 4.99 Å². The maximum Gasteiger partial charge on any atom is 0.190 e. The molecule has 0 atom stereocenters. The van der Waals surface area contributed by atoms with E-state index in [2.05, 4.69) is 40.1 Å². The van der Waals surface area contributed by atoms with Gasteiger partial charge in [-0.2, -0.15) is 0 Å². The van der Waals surface area contributed by atoms with Gasteiger partial charge in [-0.15, -0.1) is 11.3 Å². The average molecular weight is 253 g/mol. The molecule has 1 rings (SSSR count). The van der Waals surface area contributed by atoms with Gasteiger partial charge in [0.05, 0.1) is 0 Å². The second-order valence-electron chi connectivity index (χ2n) is 3.96. The van der Waals surface area contributed by atoms with Gasteiger partial charge in [-0.05, 0) is 24.3 Å². The highest BCUT2D eigenvalue weighted by molar-refractivity contribution is 7.09. The largest absolute Gasteiger partial charge is 0.356 e. The molecular formula is C13H23N3S. The lowest BCUT2D eigenvalue weighted by atomic mass is 10.2. The molecule has 0 bridgehead atoms. The van der Waals surface area contributed by atoms with E-state index < -0.39 is 0 Å². The molecule has 0 saturated heterocycles. The molecule has 2 N–H and O–H groups in total. The average Bonchev–Trinajstić information content (AvgIpc) is 2.85. The zero-order chi connectivity index (χ0) is 12.3. The Bertz CT molecular complexity index is 306. The maximum absolute atomic E-state index is 4.20. The number of rotatable bonds is 7. The van der Waals surface area contributed by atoms with Gasteiger partial charge < -0.3 is 10.6 Å². The Morgan fingerprint density at radius 1 is 1.29 bits per heavy atom. The van der Waals surface area contributed by atoms with Gasteiger partial charge in [0.25, 0.3) is 0 Å². The molecule has 0 radical (unpaired) electrons. The van der Waals surface area contributed by atoms with E-state index in [-0.39, 0.29) is 0 Å². The van der Waals surface area contributed by atoms with Crippen molar-refractivity contribution in [3.05, 3.63) is 22.4 Å². The molecule has 0 saturated carbocycles. The topological polar surface area (TPSA) is 36.4 Å². The Morgan fingerprint density at radius 2 is 2.12 bits per heavy atom. The van der Waals surface area contributed by atoms with Crippen LogP contribution in [0.25, 0.3) is 0 Å². The minimum Gasteiger partial charge on any atom is -0.356 e. The van der Waals surface area contributed by atoms with Crippen LogP contribution in [-0.2, 0) is 6.42 Å². The molecule has 1 aromatic heterocycles. The molecule has 1 aromatic rings. The molecule has 3 nitrogen and oxygen atoms in total. The van der Waals surface area contributed by atoms with E-state index in [1.807, 2.05) is 7.05 Å². The van der Waals surface area contributed by atoms with E-state index in [4.69, 9.17) is 0 Å². The van der Waals surface area contributed by atoms with Gasteiger partial charge in [-0.1, -0.05) is 25.8 Å². The summed E-state index contributed by atoms with van der Waals surface area (Å²) in [7, 11) is 1.82. The molecule has 0 spiro atoms. The maximum atomic E-state index is 4.20. The lowest BCUT2D eigenvalue weighted by Crippen LogP contribution is -2.38. The SMILES string of the molecule is CCCCCNC(=NC)NCCc1cccs1. The van der Waals surface area contributed by atoms with E-state index in [9.17, 15) is 0 Å². The summed E-state index contributed by atoms with van der Waals surface area (Å²) < 4.78 is 0. The van der Waals surface area contributed by atoms with Crippen molar-refractivity contribution >= 4 is 17.3 Å². The number of unbranched alkanes of at least 4 members (excludes halogenated alkanes) is 2. The molecule has 0 unspecified atom stereocenters. The van der Waals surface area contributed by atoms with Crippen LogP contribution in [0.1, 0.15) is 31.1 Å². The lowest BCUT2D eigenvalue weighted by molar-refractivity contribution is 0.682. The number of nitrogens with zero attached hydrogens (tertiary/aromatic N) is 1. The normalized spacial score (nSPS) is 11.5. The third-order valence-electron chi connectivity index (χ3n) is 2.54. The summed E-state index contributed by atoms with van der Waals surface area (Å²) in [6, 6.07) is 4.27. The fraction of sp³-hybridized carbons (Fsp3) is 0.615. The van der Waals surface area contributed by atoms with Crippen LogP contribution in [-0.4, -0.2) is 26.1 Å². The number of nitrogens with one attached hydrogen (secondary N) is 2. The molecule has 0 aromatic carbocycles. The van der Waals surface area contributed by atoms with Gasteiger partial charge >= 0.3 is 0 Å². The molecule has 17 heavy (non-hydrogen) atoms. The predicted molar refractivity (Wildman–Crippen MR) is 76.9 cm³/mol. The number of guanidine groups is 1. The minimum absolute atomic E-state index is 0.914. The molecule has 0 fully saturated rings. The highest BCUT2D eigenvalue weighted by Gasteiger charge is 1.97. The summed E-state index contributed by atoms with van der Waals surface area (Å²) in [5.74, 6) is 0.914. The second-order valence-corrected chi connectivity index (χ2v) is 4.99. The zero-order valence-electron chi connectivity index (χ0n) is 10.8. The van der Waals surface area contributed by atoms with Gasteiger partial charge in [0.2, 0.25) is 0 Å². The van der Waals surface area contributed by atoms with Crippen LogP contribution in [0.15, 0.2) is 22.5 Å². The third-order valence-corrected chi connectivity index (χ3v) is 3.48. The van der Waals surface area contributed by atoms with Gasteiger partial charge in [-0.25, -0.2) is 0 Å². The molecule has 1 heterocycles. The zero-order valence-corrected chi connectivity index (χ0v) is 11.6. The molecule has 0 aliphatic rings. The Kier molecular flexibility index (Phi) is 7.47. The minimum atomic E-state index is 0.914.